The van der Waals surface area contributed by atoms with Crippen molar-refractivity contribution in [2.75, 3.05) is 47.0 Å². The van der Waals surface area contributed by atoms with Gasteiger partial charge in [0.15, 0.2) is 11.5 Å². The van der Waals surface area contributed by atoms with Crippen LogP contribution < -0.4 is 14.2 Å². The lowest BCUT2D eigenvalue weighted by atomic mass is 9.95. The minimum atomic E-state index is -0.767. The molecule has 0 spiro atoms. The average Bonchev–Trinajstić information content (AvgIpc) is 3.20. The second kappa shape index (κ2) is 13.9. The summed E-state index contributed by atoms with van der Waals surface area (Å²) in [6.07, 6.45) is 2.62. The Labute approximate surface area is 225 Å². The first kappa shape index (κ1) is 29.0. The molecule has 0 bridgehead atoms. The summed E-state index contributed by atoms with van der Waals surface area (Å²) in [5.74, 6) is 0.0707. The lowest BCUT2D eigenvalue weighted by Crippen LogP contribution is -2.33. The summed E-state index contributed by atoms with van der Waals surface area (Å²) in [6, 6.07) is 11.5. The van der Waals surface area contributed by atoms with E-state index >= 15 is 0 Å². The van der Waals surface area contributed by atoms with E-state index in [1.165, 1.54) is 7.11 Å². The summed E-state index contributed by atoms with van der Waals surface area (Å²) in [6.45, 7) is 9.84. The molecule has 1 atom stereocenters. The number of hydrogen-bond acceptors (Lipinski definition) is 7. The first-order valence-electron chi connectivity index (χ1n) is 13.4. The smallest absolute Gasteiger partial charge is 0.295 e. The zero-order valence-electron chi connectivity index (χ0n) is 23.2. The van der Waals surface area contributed by atoms with Crippen LogP contribution in [0, 0.1) is 0 Å². The minimum absolute atomic E-state index is 0.0489. The molecule has 0 aromatic heterocycles. The van der Waals surface area contributed by atoms with Crippen LogP contribution in [0.5, 0.6) is 17.2 Å². The van der Waals surface area contributed by atoms with Gasteiger partial charge in [0.05, 0.1) is 32.4 Å². The van der Waals surface area contributed by atoms with Crippen molar-refractivity contribution in [3.8, 4) is 17.2 Å². The largest absolute Gasteiger partial charge is 0.507 e. The Kier molecular flexibility index (Phi) is 10.6. The van der Waals surface area contributed by atoms with Crippen LogP contribution in [0.15, 0.2) is 48.0 Å². The molecule has 1 saturated heterocycles. The number of aliphatic hydroxyl groups is 1. The lowest BCUT2D eigenvalue weighted by molar-refractivity contribution is -0.140. The maximum atomic E-state index is 13.4. The topological polar surface area (TPSA) is 88.5 Å². The van der Waals surface area contributed by atoms with E-state index in [0.717, 1.165) is 32.5 Å². The highest BCUT2D eigenvalue weighted by Gasteiger charge is 2.46. The molecule has 0 saturated carbocycles. The van der Waals surface area contributed by atoms with E-state index < -0.39 is 17.7 Å². The number of rotatable bonds is 14. The predicted molar refractivity (Wildman–Crippen MR) is 148 cm³/mol. The average molecular weight is 525 g/mol. The first-order valence-corrected chi connectivity index (χ1v) is 13.4. The number of ketones is 1. The minimum Gasteiger partial charge on any atom is -0.507 e. The molecule has 2 aromatic rings. The van der Waals surface area contributed by atoms with E-state index in [0.29, 0.717) is 47.9 Å². The van der Waals surface area contributed by atoms with Crippen molar-refractivity contribution >= 4 is 17.4 Å². The number of amides is 1. The standard InChI is InChI=1S/C30H40N2O6/c1-6-9-18-38-24-15-14-21(20-25(24)37-5)27-26(28(33)22-12-10-13-23(19-22)36-4)29(34)30(35)32(27)17-11-16-31(7-2)8-3/h10,12-15,19-20,27,33H,6-9,11,16-18H2,1-5H3/b28-26+. The summed E-state index contributed by atoms with van der Waals surface area (Å²) in [7, 11) is 3.09. The molecule has 1 amide bonds. The molecule has 1 unspecified atom stereocenters. The number of likely N-dealkylation sites (tertiary alicyclic amines) is 1. The van der Waals surface area contributed by atoms with Gasteiger partial charge in [-0.25, -0.2) is 0 Å². The van der Waals surface area contributed by atoms with Gasteiger partial charge in [-0.1, -0.05) is 45.4 Å². The zero-order chi connectivity index (χ0) is 27.7. The van der Waals surface area contributed by atoms with E-state index in [4.69, 9.17) is 14.2 Å². The molecule has 8 heteroatoms. The van der Waals surface area contributed by atoms with E-state index in [-0.39, 0.29) is 11.3 Å². The third-order valence-corrected chi connectivity index (χ3v) is 6.91. The first-order chi connectivity index (χ1) is 18.4. The number of carbonyl (C=O) groups is 2. The molecule has 3 rings (SSSR count). The van der Waals surface area contributed by atoms with Crippen molar-refractivity contribution in [2.45, 2.75) is 46.1 Å². The van der Waals surface area contributed by atoms with Crippen molar-refractivity contribution in [2.24, 2.45) is 0 Å². The van der Waals surface area contributed by atoms with E-state index in [9.17, 15) is 14.7 Å². The van der Waals surface area contributed by atoms with Crippen LogP contribution in [0.4, 0.5) is 0 Å². The second-order valence-corrected chi connectivity index (χ2v) is 9.22. The number of hydrogen-bond donors (Lipinski definition) is 1. The summed E-state index contributed by atoms with van der Waals surface area (Å²) in [5.41, 5.74) is 1.12. The van der Waals surface area contributed by atoms with E-state index in [1.54, 1.807) is 48.4 Å². The molecule has 1 aliphatic heterocycles. The van der Waals surface area contributed by atoms with Crippen LogP contribution in [-0.4, -0.2) is 73.6 Å². The van der Waals surface area contributed by atoms with Crippen molar-refractivity contribution < 1.29 is 28.9 Å². The molecule has 38 heavy (non-hydrogen) atoms. The van der Waals surface area contributed by atoms with Crippen molar-refractivity contribution in [3.63, 3.8) is 0 Å². The van der Waals surface area contributed by atoms with E-state index in [1.807, 2.05) is 6.07 Å². The number of unbranched alkanes of at least 4 members (excludes halogenated alkanes) is 1. The maximum Gasteiger partial charge on any atom is 0.295 e. The van der Waals surface area contributed by atoms with Gasteiger partial charge in [0, 0.05) is 12.1 Å². The zero-order valence-corrected chi connectivity index (χ0v) is 23.2. The van der Waals surface area contributed by atoms with Gasteiger partial charge >= 0.3 is 0 Å². The van der Waals surface area contributed by atoms with Crippen molar-refractivity contribution in [1.82, 2.24) is 9.80 Å². The summed E-state index contributed by atoms with van der Waals surface area (Å²) in [5, 5.41) is 11.4. The second-order valence-electron chi connectivity index (χ2n) is 9.22. The summed E-state index contributed by atoms with van der Waals surface area (Å²) >= 11 is 0. The molecular weight excluding hydrogens is 484 g/mol. The van der Waals surface area contributed by atoms with Gasteiger partial charge in [0.25, 0.3) is 11.7 Å². The number of methoxy groups -OCH3 is 2. The Hall–Kier alpha value is -3.52. The van der Waals surface area contributed by atoms with Crippen LogP contribution in [0.2, 0.25) is 0 Å². The molecule has 1 heterocycles. The number of nitrogens with zero attached hydrogens (tertiary/aromatic N) is 2. The summed E-state index contributed by atoms with van der Waals surface area (Å²) < 4.78 is 16.8. The van der Waals surface area contributed by atoms with Crippen LogP contribution in [0.3, 0.4) is 0 Å². The quantitative estimate of drug-likeness (QED) is 0.160. The molecule has 0 aliphatic carbocycles. The van der Waals surface area contributed by atoms with Gasteiger partial charge in [0.1, 0.15) is 11.5 Å². The Morgan fingerprint density at radius 2 is 1.74 bits per heavy atom. The molecule has 1 N–H and O–H groups in total. The fourth-order valence-corrected chi connectivity index (χ4v) is 4.69. The number of benzene rings is 2. The van der Waals surface area contributed by atoms with Crippen LogP contribution in [0.1, 0.15) is 57.2 Å². The third kappa shape index (κ3) is 6.48. The van der Waals surface area contributed by atoms with Crippen LogP contribution in [-0.2, 0) is 9.59 Å². The molecule has 1 fully saturated rings. The van der Waals surface area contributed by atoms with Gasteiger partial charge < -0.3 is 29.1 Å². The Balaban J connectivity index is 2.07. The normalized spacial score (nSPS) is 16.8. The maximum absolute atomic E-state index is 13.4. The van der Waals surface area contributed by atoms with Gasteiger partial charge in [-0.2, -0.15) is 0 Å². The molecule has 0 radical (unpaired) electrons. The number of Topliss-reactive ketones (excluding diaryl/α,β-unsaturated/α-hetero) is 1. The highest BCUT2D eigenvalue weighted by molar-refractivity contribution is 6.46. The van der Waals surface area contributed by atoms with Crippen LogP contribution >= 0.6 is 0 Å². The molecule has 1 aliphatic rings. The summed E-state index contributed by atoms with van der Waals surface area (Å²) in [4.78, 5) is 30.5. The highest BCUT2D eigenvalue weighted by atomic mass is 16.5. The highest BCUT2D eigenvalue weighted by Crippen LogP contribution is 2.42. The van der Waals surface area contributed by atoms with E-state index in [2.05, 4.69) is 25.7 Å². The number of carbonyl (C=O) groups excluding carboxylic acids is 2. The number of aliphatic hydroxyl groups excluding tert-OH is 1. The third-order valence-electron chi connectivity index (χ3n) is 6.91. The molecule has 8 nitrogen and oxygen atoms in total. The molecular formula is C30H40N2O6. The van der Waals surface area contributed by atoms with Crippen molar-refractivity contribution in [3.05, 3.63) is 59.2 Å². The monoisotopic (exact) mass is 524 g/mol. The molecule has 206 valence electrons. The fourth-order valence-electron chi connectivity index (χ4n) is 4.69. The lowest BCUT2D eigenvalue weighted by Gasteiger charge is -2.27. The van der Waals surface area contributed by atoms with Crippen LogP contribution in [0.25, 0.3) is 5.76 Å². The van der Waals surface area contributed by atoms with Crippen molar-refractivity contribution in [1.29, 1.82) is 0 Å². The Bertz CT molecular complexity index is 1140. The predicted octanol–water partition coefficient (Wildman–Crippen LogP) is 5.04. The van der Waals surface area contributed by atoms with Gasteiger partial charge in [-0.15, -0.1) is 0 Å². The van der Waals surface area contributed by atoms with Gasteiger partial charge in [0.2, 0.25) is 0 Å². The Morgan fingerprint density at radius 3 is 2.39 bits per heavy atom. The van der Waals surface area contributed by atoms with Gasteiger partial charge in [-0.3, -0.25) is 9.59 Å². The number of ether oxygens (including phenoxy) is 3. The fraction of sp³-hybridized carbons (Fsp3) is 0.467. The molecule has 2 aromatic carbocycles. The van der Waals surface area contributed by atoms with Gasteiger partial charge in [-0.05, 0) is 62.3 Å². The SMILES string of the molecule is CCCCOc1ccc(C2/C(=C(\O)c3cccc(OC)c3)C(=O)C(=O)N2CCCN(CC)CC)cc1OC. The Morgan fingerprint density at radius 1 is 0.974 bits per heavy atom.